The van der Waals surface area contributed by atoms with Crippen molar-refractivity contribution in [1.82, 2.24) is 0 Å². The van der Waals surface area contributed by atoms with Gasteiger partial charge in [-0.3, -0.25) is 0 Å². The molecule has 0 radical (unpaired) electrons. The van der Waals surface area contributed by atoms with E-state index >= 15 is 0 Å². The normalized spacial score (nSPS) is 12.7. The molecule has 0 aliphatic carbocycles. The van der Waals surface area contributed by atoms with Gasteiger partial charge in [0, 0.05) is 22.3 Å². The Balaban J connectivity index is 0.00000189. The molecule has 3 rings (SSSR count). The first-order valence-electron chi connectivity index (χ1n) is 33.1. The second-order valence-electron chi connectivity index (χ2n) is 23.0. The molecular weight excluding hydrogens is 939 g/mol. The molecule has 0 amide bonds. The number of nitrogens with zero attached hydrogens (tertiary/aromatic N) is 2. The van der Waals surface area contributed by atoms with Gasteiger partial charge in [-0.05, 0) is 124 Å². The summed E-state index contributed by atoms with van der Waals surface area (Å²) in [5.41, 5.74) is 26.0. The van der Waals surface area contributed by atoms with Crippen LogP contribution in [0, 0.1) is 0 Å². The Hall–Kier alpha value is -1.99. The van der Waals surface area contributed by atoms with Crippen molar-refractivity contribution in [2.45, 2.75) is 355 Å². The van der Waals surface area contributed by atoms with Crippen molar-refractivity contribution >= 4 is 11.4 Å². The molecule has 2 aromatic carbocycles. The molecule has 3 heteroatoms. The maximum atomic E-state index is 12.7. The summed E-state index contributed by atoms with van der Waals surface area (Å²) in [5.74, 6) is 0. The van der Waals surface area contributed by atoms with E-state index < -0.39 is 0 Å². The SMILES string of the molecule is CCCCCCCCCCCCCCCCCCCCCCCCCC1=C(c2cc(CCCC)cc(CCCC)c2)[N+](=[N-])C(c2cc(CCCCC)cc(CCCCC)c2)=C1CCCC.CCC[CH2][Ni][CH2]CCC. The third kappa shape index (κ3) is 31.4. The first-order valence-corrected chi connectivity index (χ1v) is 34.5. The summed E-state index contributed by atoms with van der Waals surface area (Å²) in [5, 5.41) is 2.78. The van der Waals surface area contributed by atoms with Gasteiger partial charge in [0.05, 0.1) is 0 Å². The van der Waals surface area contributed by atoms with Gasteiger partial charge in [-0.1, -0.05) is 240 Å². The van der Waals surface area contributed by atoms with Crippen LogP contribution >= 0.6 is 0 Å². The third-order valence-corrected chi connectivity index (χ3v) is 17.1. The van der Waals surface area contributed by atoms with Crippen molar-refractivity contribution in [3.8, 4) is 0 Å². The third-order valence-electron chi connectivity index (χ3n) is 15.8. The predicted octanol–water partition coefficient (Wildman–Crippen LogP) is 25.1. The van der Waals surface area contributed by atoms with Gasteiger partial charge in [0.2, 0.25) is 11.4 Å². The molecule has 0 aromatic heterocycles. The molecule has 0 bridgehead atoms. The Morgan fingerprint density at radius 2 is 0.500 bits per heavy atom. The standard InChI is InChI=1S/C63H106N2.2C4H9.Ni/c1-7-13-19-20-21-22-23-24-25-26-27-28-29-30-31-32-33-34-35-36-37-38-41-47-61-60(46-18-12-6)62(59-52-56(44-39-14-8-2)49-57(53-59)45-40-15-9-3)65(64)63(61)58-50-54(42-16-10-4)48-55(51-58)43-17-11-5;2*1-3-4-2;/h48-53H,7-47H2,1-6H3;2*1,3-4H2,2H3;. The van der Waals surface area contributed by atoms with E-state index in [1.54, 1.807) is 4.70 Å². The number of benzene rings is 2. The Morgan fingerprint density at radius 1 is 0.270 bits per heavy atom. The molecule has 1 heterocycles. The number of hydrogen-bond donors (Lipinski definition) is 0. The van der Waals surface area contributed by atoms with Gasteiger partial charge < -0.3 is 5.53 Å². The summed E-state index contributed by atoms with van der Waals surface area (Å²) in [4.78, 5) is 0. The topological polar surface area (TPSA) is 25.3 Å². The first-order chi connectivity index (χ1) is 36.4. The average Bonchev–Trinajstić information content (AvgIpc) is 3.69. The van der Waals surface area contributed by atoms with Crippen LogP contribution in [-0.2, 0) is 40.1 Å². The van der Waals surface area contributed by atoms with E-state index in [-0.39, 0.29) is 0 Å². The molecule has 1 aliphatic rings. The summed E-state index contributed by atoms with van der Waals surface area (Å²) >= 11 is 1.94. The molecule has 0 N–H and O–H groups in total. The van der Waals surface area contributed by atoms with Crippen molar-refractivity contribution in [1.29, 1.82) is 0 Å². The number of unbranched alkanes of at least 4 members (excludes halogenated alkanes) is 31. The van der Waals surface area contributed by atoms with Gasteiger partial charge in [0.15, 0.2) is 0 Å². The zero-order valence-corrected chi connectivity index (χ0v) is 51.9. The number of aryl methyl sites for hydroxylation is 4. The summed E-state index contributed by atoms with van der Waals surface area (Å²) in [6.07, 6.45) is 59.3. The summed E-state index contributed by atoms with van der Waals surface area (Å²) in [7, 11) is 0. The van der Waals surface area contributed by atoms with Gasteiger partial charge in [-0.15, -0.1) is 0 Å². The monoisotopic (exact) mass is 1060 g/mol. The van der Waals surface area contributed by atoms with E-state index in [2.05, 4.69) is 91.8 Å². The van der Waals surface area contributed by atoms with Crippen LogP contribution in [-0.4, -0.2) is 4.70 Å². The Bertz CT molecular complexity index is 1650. The van der Waals surface area contributed by atoms with Crippen molar-refractivity contribution in [2.75, 3.05) is 0 Å². The van der Waals surface area contributed by atoms with Crippen LogP contribution < -0.4 is 0 Å². The van der Waals surface area contributed by atoms with Gasteiger partial charge in [0.1, 0.15) is 0 Å². The fourth-order valence-corrected chi connectivity index (χ4v) is 12.4. The van der Waals surface area contributed by atoms with E-state index in [0.29, 0.717) is 0 Å². The van der Waals surface area contributed by atoms with Crippen LogP contribution in [0.1, 0.15) is 352 Å². The van der Waals surface area contributed by atoms with Gasteiger partial charge in [0.25, 0.3) is 0 Å². The zero-order chi connectivity index (χ0) is 53.5. The molecule has 0 saturated heterocycles. The van der Waals surface area contributed by atoms with Crippen molar-refractivity contribution in [2.24, 2.45) is 0 Å². The second kappa shape index (κ2) is 48.2. The van der Waals surface area contributed by atoms with Crippen LogP contribution in [0.15, 0.2) is 47.5 Å². The Kier molecular flexibility index (Phi) is 44.3. The van der Waals surface area contributed by atoms with E-state index in [0.717, 1.165) is 62.8 Å². The zero-order valence-electron chi connectivity index (χ0n) is 50.9. The number of rotatable bonds is 49. The Labute approximate surface area is 469 Å². The Morgan fingerprint density at radius 3 is 0.811 bits per heavy atom. The van der Waals surface area contributed by atoms with Crippen LogP contribution in [0.4, 0.5) is 0 Å². The molecule has 1 aliphatic heterocycles. The molecule has 2 nitrogen and oxygen atoms in total. The quantitative estimate of drug-likeness (QED) is 0.0359. The summed E-state index contributed by atoms with van der Waals surface area (Å²) in [6.45, 7) is 18.4. The van der Waals surface area contributed by atoms with E-state index in [1.165, 1.54) is 293 Å². The summed E-state index contributed by atoms with van der Waals surface area (Å²) in [6, 6.07) is 14.8. The minimum absolute atomic E-state index is 1.03. The molecule has 74 heavy (non-hydrogen) atoms. The van der Waals surface area contributed by atoms with Crippen molar-refractivity contribution in [3.63, 3.8) is 0 Å². The minimum atomic E-state index is 1.03. The number of allylic oxidation sites excluding steroid dienone is 2. The van der Waals surface area contributed by atoms with Crippen LogP contribution in [0.3, 0.4) is 0 Å². The predicted molar refractivity (Wildman–Crippen MR) is 329 cm³/mol. The van der Waals surface area contributed by atoms with Crippen molar-refractivity contribution in [3.05, 3.63) is 86.5 Å². The van der Waals surface area contributed by atoms with Crippen LogP contribution in [0.25, 0.3) is 16.9 Å². The molecule has 0 fully saturated rings. The van der Waals surface area contributed by atoms with Gasteiger partial charge >= 0.3 is 64.8 Å². The fraction of sp³-hybridized carbons (Fsp3) is 0.775. The van der Waals surface area contributed by atoms with Crippen molar-refractivity contribution < 1.29 is 19.1 Å². The van der Waals surface area contributed by atoms with Crippen LogP contribution in [0.5, 0.6) is 0 Å². The molecule has 0 unspecified atom stereocenters. The maximum absolute atomic E-state index is 12.7. The van der Waals surface area contributed by atoms with E-state index in [4.69, 9.17) is 0 Å². The first kappa shape index (κ1) is 68.1. The van der Waals surface area contributed by atoms with Gasteiger partial charge in [-0.25, -0.2) is 4.70 Å². The molecule has 428 valence electrons. The van der Waals surface area contributed by atoms with E-state index in [1.807, 2.05) is 14.4 Å². The molecule has 2 aromatic rings. The molecule has 0 atom stereocenters. The fourth-order valence-electron chi connectivity index (χ4n) is 11.0. The van der Waals surface area contributed by atoms with Crippen LogP contribution in [0.2, 0.25) is 10.8 Å². The summed E-state index contributed by atoms with van der Waals surface area (Å²) < 4.78 is 1.70. The number of hydrogen-bond acceptors (Lipinski definition) is 0. The average molecular weight is 1060 g/mol. The van der Waals surface area contributed by atoms with Gasteiger partial charge in [-0.2, -0.15) is 0 Å². The molecule has 0 spiro atoms. The molecular formula is C71H124N2Ni. The molecule has 0 saturated carbocycles. The second-order valence-corrected chi connectivity index (χ2v) is 24.5. The van der Waals surface area contributed by atoms with E-state index in [9.17, 15) is 5.53 Å².